The number of nitrogens with one attached hydrogen (secondary N) is 1. The molecule has 0 saturated carbocycles. The van der Waals surface area contributed by atoms with Gasteiger partial charge in [0.05, 0.1) is 27.1 Å². The first-order valence-electron chi connectivity index (χ1n) is 8.21. The SMILES string of the molecule is COC(=O)CCN(CCCNCCCN(C)C)CCC(=O)OC.[HH]. The molecule has 0 fully saturated rings. The van der Waals surface area contributed by atoms with E-state index in [0.29, 0.717) is 25.9 Å². The van der Waals surface area contributed by atoms with Gasteiger partial charge in [0.15, 0.2) is 0 Å². The Bertz CT molecular complexity index is 310. The lowest BCUT2D eigenvalue weighted by Gasteiger charge is -2.21. The van der Waals surface area contributed by atoms with Crippen molar-refractivity contribution in [3.05, 3.63) is 0 Å². The standard InChI is InChI=1S/C16H33N3O4.H2/c1-18(2)11-5-9-17-10-6-12-19(13-7-15(20)22-3)14-8-16(21)23-4;/h17H,5-14H2,1-4H3;1H. The van der Waals surface area contributed by atoms with E-state index >= 15 is 0 Å². The number of esters is 2. The predicted molar refractivity (Wildman–Crippen MR) is 92.5 cm³/mol. The lowest BCUT2D eigenvalue weighted by Crippen LogP contribution is -2.32. The monoisotopic (exact) mass is 333 g/mol. The summed E-state index contributed by atoms with van der Waals surface area (Å²) in [5, 5.41) is 3.41. The minimum atomic E-state index is -0.227. The molecule has 0 aliphatic heterocycles. The van der Waals surface area contributed by atoms with Gasteiger partial charge in [0.1, 0.15) is 0 Å². The second-order valence-corrected chi connectivity index (χ2v) is 5.75. The van der Waals surface area contributed by atoms with Gasteiger partial charge in [-0.05, 0) is 53.1 Å². The number of nitrogens with zero attached hydrogens (tertiary/aromatic N) is 2. The van der Waals surface area contributed by atoms with E-state index < -0.39 is 0 Å². The zero-order chi connectivity index (χ0) is 17.5. The maximum absolute atomic E-state index is 11.3. The van der Waals surface area contributed by atoms with Crippen LogP contribution in [-0.4, -0.2) is 89.3 Å². The van der Waals surface area contributed by atoms with E-state index in [2.05, 4.69) is 38.7 Å². The third-order valence-electron chi connectivity index (χ3n) is 3.51. The van der Waals surface area contributed by atoms with E-state index in [1.807, 2.05) is 0 Å². The van der Waals surface area contributed by atoms with E-state index in [9.17, 15) is 9.59 Å². The van der Waals surface area contributed by atoms with Crippen molar-refractivity contribution in [2.45, 2.75) is 25.7 Å². The summed E-state index contributed by atoms with van der Waals surface area (Å²) >= 11 is 0. The smallest absolute Gasteiger partial charge is 0.306 e. The van der Waals surface area contributed by atoms with Crippen LogP contribution in [0.15, 0.2) is 0 Å². The van der Waals surface area contributed by atoms with Crippen molar-refractivity contribution < 1.29 is 20.5 Å². The largest absolute Gasteiger partial charge is 0.469 e. The number of carbonyl (C=O) groups excluding carboxylic acids is 2. The Balaban J connectivity index is 0. The Kier molecular flexibility index (Phi) is 13.7. The summed E-state index contributed by atoms with van der Waals surface area (Å²) < 4.78 is 9.33. The van der Waals surface area contributed by atoms with E-state index in [1.54, 1.807) is 0 Å². The van der Waals surface area contributed by atoms with E-state index in [4.69, 9.17) is 0 Å². The molecule has 0 atom stereocenters. The van der Waals surface area contributed by atoms with Crippen molar-refractivity contribution in [1.82, 2.24) is 15.1 Å². The third-order valence-corrected chi connectivity index (χ3v) is 3.51. The molecule has 0 rings (SSSR count). The normalized spacial score (nSPS) is 11.0. The van der Waals surface area contributed by atoms with Gasteiger partial charge in [-0.1, -0.05) is 0 Å². The van der Waals surface area contributed by atoms with Crippen molar-refractivity contribution in [2.75, 3.05) is 67.6 Å². The maximum Gasteiger partial charge on any atom is 0.306 e. The van der Waals surface area contributed by atoms with Crippen molar-refractivity contribution >= 4 is 11.9 Å². The lowest BCUT2D eigenvalue weighted by molar-refractivity contribution is -0.141. The molecule has 0 aromatic heterocycles. The molecule has 0 aliphatic rings. The van der Waals surface area contributed by atoms with Gasteiger partial charge >= 0.3 is 11.9 Å². The van der Waals surface area contributed by atoms with Crippen LogP contribution in [0.25, 0.3) is 0 Å². The van der Waals surface area contributed by atoms with Gasteiger partial charge in [0.2, 0.25) is 0 Å². The van der Waals surface area contributed by atoms with Gasteiger partial charge in [-0.25, -0.2) is 0 Å². The average molecular weight is 333 g/mol. The van der Waals surface area contributed by atoms with Crippen LogP contribution in [-0.2, 0) is 19.1 Å². The van der Waals surface area contributed by atoms with Crippen LogP contribution < -0.4 is 5.32 Å². The van der Waals surface area contributed by atoms with Gasteiger partial charge in [-0.15, -0.1) is 0 Å². The highest BCUT2D eigenvalue weighted by Crippen LogP contribution is 1.99. The van der Waals surface area contributed by atoms with Crippen LogP contribution in [0.3, 0.4) is 0 Å². The maximum atomic E-state index is 11.3. The van der Waals surface area contributed by atoms with Crippen LogP contribution in [0.2, 0.25) is 0 Å². The first kappa shape index (κ1) is 21.8. The molecule has 0 heterocycles. The van der Waals surface area contributed by atoms with E-state index in [1.165, 1.54) is 14.2 Å². The second-order valence-electron chi connectivity index (χ2n) is 5.75. The fourth-order valence-electron chi connectivity index (χ4n) is 2.11. The number of hydrogen-bond donors (Lipinski definition) is 1. The summed E-state index contributed by atoms with van der Waals surface area (Å²) in [7, 11) is 6.92. The predicted octanol–water partition coefficient (Wildman–Crippen LogP) is 0.592. The summed E-state index contributed by atoms with van der Waals surface area (Å²) in [6.07, 6.45) is 2.79. The molecule has 1 N–H and O–H groups in total. The summed E-state index contributed by atoms with van der Waals surface area (Å²) in [6.45, 7) is 5.06. The number of rotatable bonds is 14. The zero-order valence-electron chi connectivity index (χ0n) is 15.1. The molecule has 0 amide bonds. The van der Waals surface area contributed by atoms with Crippen molar-refractivity contribution in [3.63, 3.8) is 0 Å². The molecular formula is C16H35N3O4. The van der Waals surface area contributed by atoms with Crippen LogP contribution in [0.4, 0.5) is 0 Å². The molecule has 0 aromatic rings. The van der Waals surface area contributed by atoms with E-state index in [-0.39, 0.29) is 13.4 Å². The molecule has 0 aliphatic carbocycles. The Morgan fingerprint density at radius 1 is 0.870 bits per heavy atom. The molecule has 138 valence electrons. The zero-order valence-corrected chi connectivity index (χ0v) is 15.1. The van der Waals surface area contributed by atoms with Gasteiger partial charge in [-0.2, -0.15) is 0 Å². The first-order chi connectivity index (χ1) is 11.0. The fourth-order valence-corrected chi connectivity index (χ4v) is 2.11. The minimum Gasteiger partial charge on any atom is -0.469 e. The molecule has 7 nitrogen and oxygen atoms in total. The van der Waals surface area contributed by atoms with Crippen molar-refractivity contribution in [3.8, 4) is 0 Å². The van der Waals surface area contributed by atoms with Crippen molar-refractivity contribution in [2.24, 2.45) is 0 Å². The summed E-state index contributed by atoms with van der Waals surface area (Å²) in [6, 6.07) is 0. The fraction of sp³-hybridized carbons (Fsp3) is 0.875. The number of ether oxygens (including phenoxy) is 2. The lowest BCUT2D eigenvalue weighted by atomic mass is 10.3. The highest BCUT2D eigenvalue weighted by Gasteiger charge is 2.10. The Hall–Kier alpha value is -1.18. The Morgan fingerprint density at radius 3 is 1.78 bits per heavy atom. The van der Waals surface area contributed by atoms with Crippen LogP contribution in [0.5, 0.6) is 0 Å². The van der Waals surface area contributed by atoms with Crippen molar-refractivity contribution in [1.29, 1.82) is 0 Å². The Labute approximate surface area is 141 Å². The molecule has 0 saturated heterocycles. The number of carbonyl (C=O) groups is 2. The molecule has 7 heteroatoms. The van der Waals surface area contributed by atoms with Gasteiger partial charge < -0.3 is 24.6 Å². The third kappa shape index (κ3) is 14.2. The Morgan fingerprint density at radius 2 is 1.35 bits per heavy atom. The summed E-state index contributed by atoms with van der Waals surface area (Å²) in [4.78, 5) is 26.8. The first-order valence-corrected chi connectivity index (χ1v) is 8.21. The second kappa shape index (κ2) is 14.4. The molecule has 0 radical (unpaired) electrons. The van der Waals surface area contributed by atoms with Crippen LogP contribution >= 0.6 is 0 Å². The molecule has 0 spiro atoms. The minimum absolute atomic E-state index is 0. The highest BCUT2D eigenvalue weighted by atomic mass is 16.5. The van der Waals surface area contributed by atoms with Gasteiger partial charge in [0.25, 0.3) is 0 Å². The number of methoxy groups -OCH3 is 2. The average Bonchev–Trinajstić information content (AvgIpc) is 2.54. The number of hydrogen-bond acceptors (Lipinski definition) is 7. The van der Waals surface area contributed by atoms with Crippen LogP contribution in [0, 0.1) is 0 Å². The van der Waals surface area contributed by atoms with Gasteiger partial charge in [-0.3, -0.25) is 9.59 Å². The topological polar surface area (TPSA) is 71.1 Å². The molecule has 23 heavy (non-hydrogen) atoms. The molecule has 0 unspecified atom stereocenters. The quantitative estimate of drug-likeness (QED) is 0.368. The molecular weight excluding hydrogens is 298 g/mol. The highest BCUT2D eigenvalue weighted by molar-refractivity contribution is 5.70. The summed E-state index contributed by atoms with van der Waals surface area (Å²) in [5.41, 5.74) is 0. The van der Waals surface area contributed by atoms with Crippen LogP contribution in [0.1, 0.15) is 27.1 Å². The van der Waals surface area contributed by atoms with E-state index in [0.717, 1.165) is 39.0 Å². The summed E-state index contributed by atoms with van der Waals surface area (Å²) in [5.74, 6) is -0.454. The van der Waals surface area contributed by atoms with Gasteiger partial charge in [0, 0.05) is 14.5 Å². The molecule has 0 bridgehead atoms. The molecule has 0 aromatic carbocycles.